The first-order valence-corrected chi connectivity index (χ1v) is 6.66. The summed E-state index contributed by atoms with van der Waals surface area (Å²) in [4.78, 5) is 20.3. The summed E-state index contributed by atoms with van der Waals surface area (Å²) in [7, 11) is -3.46. The van der Waals surface area contributed by atoms with Crippen molar-refractivity contribution in [3.8, 4) is 0 Å². The van der Waals surface area contributed by atoms with Gasteiger partial charge in [0.1, 0.15) is 0 Å². The second kappa shape index (κ2) is 7.26. The molecule has 2 aromatic carbocycles. The van der Waals surface area contributed by atoms with E-state index in [0.29, 0.717) is 10.4 Å². The Balaban J connectivity index is 0.00000128. The Morgan fingerprint density at radius 3 is 1.18 bits per heavy atom. The predicted molar refractivity (Wildman–Crippen MR) is 76.6 cm³/mol. The quantitative estimate of drug-likeness (QED) is 0.647. The minimum absolute atomic E-state index is 0. The molecule has 0 atom stereocenters. The monoisotopic (exact) mass is 232 g/mol. The van der Waals surface area contributed by atoms with E-state index in [9.17, 15) is 9.59 Å². The zero-order valence-electron chi connectivity index (χ0n) is 8.17. The van der Waals surface area contributed by atoms with Crippen LogP contribution in [0, 0.1) is 0 Å². The minimum atomic E-state index is -3.46. The van der Waals surface area contributed by atoms with Crippen molar-refractivity contribution in [1.82, 2.24) is 0 Å². The van der Waals surface area contributed by atoms with E-state index in [-0.39, 0.29) is 37.7 Å². The van der Waals surface area contributed by atoms with Crippen LogP contribution in [0.5, 0.6) is 0 Å². The molecule has 2 nitrogen and oxygen atoms in total. The fourth-order valence-corrected chi connectivity index (χ4v) is 3.16. The van der Waals surface area contributed by atoms with Gasteiger partial charge >= 0.3 is 46.3 Å². The van der Waals surface area contributed by atoms with E-state index in [2.05, 4.69) is 0 Å². The number of hydrogen-bond acceptors (Lipinski definition) is 2. The van der Waals surface area contributed by atoms with Crippen LogP contribution in [-0.2, 0) is 0 Å². The summed E-state index contributed by atoms with van der Waals surface area (Å²) in [5, 5.41) is 1.22. The molecular formula is C12H14Li2O2Si. The molecule has 0 heterocycles. The van der Waals surface area contributed by atoms with Crippen LogP contribution >= 0.6 is 0 Å². The number of hydrogen-bond donors (Lipinski definition) is 2. The predicted octanol–water partition coefficient (Wildman–Crippen LogP) is -1.07. The fourth-order valence-electron chi connectivity index (χ4n) is 1.51. The topological polar surface area (TPSA) is 40.5 Å². The molecule has 0 aliphatic heterocycles. The van der Waals surface area contributed by atoms with Gasteiger partial charge in [0.05, 0.1) is 0 Å². The Kier molecular flexibility index (Phi) is 7.16. The molecule has 17 heavy (non-hydrogen) atoms. The Bertz CT molecular complexity index is 393. The third kappa shape index (κ3) is 3.88. The normalized spacial score (nSPS) is 10.0. The van der Waals surface area contributed by atoms with Crippen molar-refractivity contribution in [2.24, 2.45) is 0 Å². The third-order valence-electron chi connectivity index (χ3n) is 2.35. The fraction of sp³-hybridized carbons (Fsp3) is 0. The van der Waals surface area contributed by atoms with Crippen molar-refractivity contribution in [2.45, 2.75) is 0 Å². The van der Waals surface area contributed by atoms with Gasteiger partial charge in [0.15, 0.2) is 0 Å². The van der Waals surface area contributed by atoms with Crippen LogP contribution < -0.4 is 10.4 Å². The maximum absolute atomic E-state index is 10.2. The van der Waals surface area contributed by atoms with Crippen LogP contribution in [0.2, 0.25) is 0 Å². The molecule has 80 valence electrons. The van der Waals surface area contributed by atoms with Gasteiger partial charge in [0.2, 0.25) is 0 Å². The van der Waals surface area contributed by atoms with Crippen LogP contribution in [0.4, 0.5) is 0 Å². The number of benzene rings is 2. The number of rotatable bonds is 2. The Hall–Kier alpha value is -0.228. The van der Waals surface area contributed by atoms with Crippen molar-refractivity contribution in [2.75, 3.05) is 0 Å². The first kappa shape index (κ1) is 16.8. The zero-order valence-corrected chi connectivity index (χ0v) is 9.17. The average Bonchev–Trinajstić information content (AvgIpc) is 2.31. The van der Waals surface area contributed by atoms with Gasteiger partial charge in [-0.05, 0) is 10.4 Å². The van der Waals surface area contributed by atoms with Gasteiger partial charge in [-0.25, -0.2) is 0 Å². The summed E-state index contributed by atoms with van der Waals surface area (Å²) in [5.41, 5.74) is 0. The van der Waals surface area contributed by atoms with Crippen LogP contribution in [0.1, 0.15) is 0 Å². The van der Waals surface area contributed by atoms with Gasteiger partial charge in [-0.2, -0.15) is 0 Å². The molecule has 0 aromatic heterocycles. The van der Waals surface area contributed by atoms with E-state index in [1.54, 1.807) is 24.3 Å². The molecule has 5 heteroatoms. The van der Waals surface area contributed by atoms with Crippen molar-refractivity contribution < 1.29 is 9.59 Å². The molecule has 2 N–H and O–H groups in total. The molecule has 0 spiro atoms. The molecule has 0 bridgehead atoms. The van der Waals surface area contributed by atoms with Gasteiger partial charge < -0.3 is 9.59 Å². The molecule has 0 aliphatic rings. The molecule has 2 rings (SSSR count). The summed E-state index contributed by atoms with van der Waals surface area (Å²) in [6.07, 6.45) is 0. The van der Waals surface area contributed by atoms with Gasteiger partial charge in [0, 0.05) is 0 Å². The Morgan fingerprint density at radius 1 is 0.588 bits per heavy atom. The molecule has 2 aromatic rings. The van der Waals surface area contributed by atoms with Crippen LogP contribution in [0.15, 0.2) is 60.7 Å². The van der Waals surface area contributed by atoms with Crippen molar-refractivity contribution in [3.05, 3.63) is 60.7 Å². The van der Waals surface area contributed by atoms with Gasteiger partial charge in [-0.1, -0.05) is 60.7 Å². The average molecular weight is 232 g/mol. The molecule has 0 amide bonds. The van der Waals surface area contributed by atoms with E-state index in [1.165, 1.54) is 0 Å². The summed E-state index contributed by atoms with van der Waals surface area (Å²) in [6.45, 7) is 0. The second-order valence-corrected chi connectivity index (χ2v) is 5.90. The second-order valence-electron chi connectivity index (χ2n) is 3.40. The molecule has 0 fully saturated rings. The van der Waals surface area contributed by atoms with E-state index >= 15 is 0 Å². The molecule has 0 radical (unpaired) electrons. The first-order valence-electron chi connectivity index (χ1n) is 4.77. The van der Waals surface area contributed by atoms with E-state index in [1.807, 2.05) is 36.4 Å². The van der Waals surface area contributed by atoms with Crippen LogP contribution in [-0.4, -0.2) is 55.9 Å². The Labute approximate surface area is 126 Å². The van der Waals surface area contributed by atoms with Gasteiger partial charge in [0.25, 0.3) is 0 Å². The van der Waals surface area contributed by atoms with Crippen LogP contribution in [0.3, 0.4) is 0 Å². The molecule has 0 saturated carbocycles. The van der Waals surface area contributed by atoms with Crippen molar-refractivity contribution in [3.63, 3.8) is 0 Å². The SMILES string of the molecule is O[Si](O)(c1ccccc1)c1ccccc1.[LiH].[LiH]. The maximum atomic E-state index is 10.2. The van der Waals surface area contributed by atoms with E-state index in [0.717, 1.165) is 0 Å². The van der Waals surface area contributed by atoms with Crippen molar-refractivity contribution in [1.29, 1.82) is 0 Å². The third-order valence-corrected chi connectivity index (χ3v) is 4.63. The molecule has 0 saturated heterocycles. The molecular weight excluding hydrogens is 218 g/mol. The Morgan fingerprint density at radius 2 is 0.882 bits per heavy atom. The molecule has 0 unspecified atom stereocenters. The molecule has 0 aliphatic carbocycles. The summed E-state index contributed by atoms with van der Waals surface area (Å²) < 4.78 is 0. The van der Waals surface area contributed by atoms with Crippen LogP contribution in [0.25, 0.3) is 0 Å². The summed E-state index contributed by atoms with van der Waals surface area (Å²) in [6, 6.07) is 18.0. The zero-order chi connectivity index (χ0) is 10.7. The van der Waals surface area contributed by atoms with Gasteiger partial charge in [-0.15, -0.1) is 0 Å². The van der Waals surface area contributed by atoms with Gasteiger partial charge in [-0.3, -0.25) is 0 Å². The van der Waals surface area contributed by atoms with E-state index < -0.39 is 8.56 Å². The standard InChI is InChI=1S/C12H12O2Si.2Li.2H/c13-15(14,11-7-3-1-4-8-11)12-9-5-2-6-10-12;;;;/h1-10,13-14H;;;;. The summed E-state index contributed by atoms with van der Waals surface area (Å²) in [5.74, 6) is 0. The van der Waals surface area contributed by atoms with Crippen molar-refractivity contribution >= 4 is 56.7 Å². The first-order chi connectivity index (χ1) is 7.21. The van der Waals surface area contributed by atoms with E-state index in [4.69, 9.17) is 0 Å². The summed E-state index contributed by atoms with van der Waals surface area (Å²) >= 11 is 0.